The third-order valence-corrected chi connectivity index (χ3v) is 4.82. The number of rotatable bonds is 0. The molecule has 0 spiro atoms. The van der Waals surface area contributed by atoms with Gasteiger partial charge in [0, 0.05) is 28.8 Å². The van der Waals surface area contributed by atoms with Crippen molar-refractivity contribution in [1.82, 2.24) is 4.98 Å². The van der Waals surface area contributed by atoms with Crippen LogP contribution in [0.5, 0.6) is 0 Å². The van der Waals surface area contributed by atoms with Crippen molar-refractivity contribution in [3.05, 3.63) is 93.1 Å². The van der Waals surface area contributed by atoms with Gasteiger partial charge < -0.3 is 4.98 Å². The van der Waals surface area contributed by atoms with Gasteiger partial charge in [0.2, 0.25) is 0 Å². The van der Waals surface area contributed by atoms with Crippen LogP contribution >= 0.6 is 0 Å². The van der Waals surface area contributed by atoms with Crippen molar-refractivity contribution in [1.29, 1.82) is 0 Å². The Balaban J connectivity index is 0.000000814. The summed E-state index contributed by atoms with van der Waals surface area (Å²) in [5.41, 5.74) is 4.90. The number of H-pyrrole nitrogens is 1. The number of ketones is 1. The van der Waals surface area contributed by atoms with E-state index >= 15 is 0 Å². The summed E-state index contributed by atoms with van der Waals surface area (Å²) >= 11 is 0. The molecule has 1 aromatic heterocycles. The van der Waals surface area contributed by atoms with Crippen molar-refractivity contribution in [2.45, 2.75) is 13.8 Å². The lowest BCUT2D eigenvalue weighted by molar-refractivity contribution is 0.103. The molecular formula is C22H17NO2. The van der Waals surface area contributed by atoms with Gasteiger partial charge >= 0.3 is 0 Å². The smallest absolute Gasteiger partial charge is 0.197 e. The summed E-state index contributed by atoms with van der Waals surface area (Å²) in [4.78, 5) is 28.9. The van der Waals surface area contributed by atoms with E-state index in [1.165, 1.54) is 7.40 Å². The standard InChI is InChI=1S/C21H13NO2.CH4/c23-20-14-6-2-1-5-12(14)9-13-10-17-19(11-16(13)20)22-18-8-4-3-7-15(18)21(17)24;/h1-8,10-11H,9H2,(H,22,24);1H4/i;1D. The summed E-state index contributed by atoms with van der Waals surface area (Å²) < 4.78 is 5.75. The van der Waals surface area contributed by atoms with Gasteiger partial charge in [0.05, 0.1) is 5.52 Å². The lowest BCUT2D eigenvalue weighted by atomic mass is 9.84. The number of hydrogen-bond acceptors (Lipinski definition) is 2. The lowest BCUT2D eigenvalue weighted by Crippen LogP contribution is -2.16. The molecule has 1 aliphatic carbocycles. The molecule has 1 N–H and O–H groups in total. The summed E-state index contributed by atoms with van der Waals surface area (Å²) in [6.07, 6.45) is 0.680. The minimum Gasteiger partial charge on any atom is -0.354 e. The maximum absolute atomic E-state index is 12.8. The summed E-state index contributed by atoms with van der Waals surface area (Å²) in [7, 11) is 1.25. The van der Waals surface area contributed by atoms with Crippen LogP contribution in [0.3, 0.4) is 0 Å². The molecule has 0 saturated carbocycles. The molecule has 1 heterocycles. The molecule has 4 aromatic rings. The summed E-state index contributed by atoms with van der Waals surface area (Å²) in [5.74, 6) is 0.0303. The van der Waals surface area contributed by atoms with Gasteiger partial charge in [0.15, 0.2) is 11.2 Å². The largest absolute Gasteiger partial charge is 0.354 e. The van der Waals surface area contributed by atoms with Crippen LogP contribution in [0.15, 0.2) is 65.5 Å². The van der Waals surface area contributed by atoms with Crippen molar-refractivity contribution in [3.8, 4) is 0 Å². The Bertz CT molecular complexity index is 1220. The van der Waals surface area contributed by atoms with E-state index in [1.807, 2.05) is 60.7 Å². The molecule has 0 bridgehead atoms. The highest BCUT2D eigenvalue weighted by Crippen LogP contribution is 2.29. The van der Waals surface area contributed by atoms with E-state index in [0.717, 1.165) is 22.2 Å². The van der Waals surface area contributed by atoms with E-state index in [1.54, 1.807) is 0 Å². The van der Waals surface area contributed by atoms with Gasteiger partial charge in [-0.25, -0.2) is 0 Å². The number of nitrogens with one attached hydrogen (secondary N) is 1. The molecule has 25 heavy (non-hydrogen) atoms. The van der Waals surface area contributed by atoms with Gasteiger partial charge in [-0.1, -0.05) is 43.8 Å². The molecule has 3 aromatic carbocycles. The average molecular weight is 328 g/mol. The van der Waals surface area contributed by atoms with Gasteiger partial charge in [0.25, 0.3) is 0 Å². The lowest BCUT2D eigenvalue weighted by Gasteiger charge is -2.19. The second kappa shape index (κ2) is 5.42. The summed E-state index contributed by atoms with van der Waals surface area (Å²) in [5, 5.41) is 1.31. The molecular weight excluding hydrogens is 310 g/mol. The van der Waals surface area contributed by atoms with Crippen LogP contribution < -0.4 is 5.43 Å². The normalized spacial score (nSPS) is 12.8. The Kier molecular flexibility index (Phi) is 3.07. The van der Waals surface area contributed by atoms with E-state index in [0.29, 0.717) is 28.3 Å². The highest BCUT2D eigenvalue weighted by molar-refractivity contribution is 6.14. The zero-order valence-corrected chi connectivity index (χ0v) is 13.8. The molecule has 0 fully saturated rings. The zero-order valence-electron chi connectivity index (χ0n) is 14.8. The molecule has 0 unspecified atom stereocenters. The quantitative estimate of drug-likeness (QED) is 0.427. The second-order valence-corrected chi connectivity index (χ2v) is 6.22. The van der Waals surface area contributed by atoms with Gasteiger partial charge in [-0.3, -0.25) is 9.59 Å². The number of aromatic amines is 1. The van der Waals surface area contributed by atoms with Crippen molar-refractivity contribution in [3.63, 3.8) is 0 Å². The van der Waals surface area contributed by atoms with Crippen LogP contribution in [0.25, 0.3) is 21.8 Å². The van der Waals surface area contributed by atoms with E-state index in [2.05, 4.69) is 4.98 Å². The number of aromatic nitrogens is 1. The number of fused-ring (bicyclic) bond motifs is 4. The zero-order chi connectivity index (χ0) is 18.3. The van der Waals surface area contributed by atoms with Crippen LogP contribution in [0.4, 0.5) is 0 Å². The Morgan fingerprint density at radius 1 is 0.800 bits per heavy atom. The van der Waals surface area contributed by atoms with E-state index < -0.39 is 0 Å². The fourth-order valence-corrected chi connectivity index (χ4v) is 3.62. The van der Waals surface area contributed by atoms with Crippen LogP contribution in [0, 0.1) is 0 Å². The molecule has 1 aliphatic rings. The first-order valence-corrected chi connectivity index (χ1v) is 7.92. The van der Waals surface area contributed by atoms with E-state index in [9.17, 15) is 9.59 Å². The van der Waals surface area contributed by atoms with E-state index in [4.69, 9.17) is 1.37 Å². The predicted molar refractivity (Wildman–Crippen MR) is 101 cm³/mol. The Labute approximate surface area is 146 Å². The van der Waals surface area contributed by atoms with Crippen molar-refractivity contribution in [2.75, 3.05) is 0 Å². The predicted octanol–water partition coefficient (Wildman–Crippen LogP) is 4.45. The highest BCUT2D eigenvalue weighted by atomic mass is 16.1. The van der Waals surface area contributed by atoms with E-state index in [-0.39, 0.29) is 11.2 Å². The monoisotopic (exact) mass is 328 g/mol. The third kappa shape index (κ3) is 2.13. The number of carbonyl (C=O) groups excluding carboxylic acids is 1. The van der Waals surface area contributed by atoms with Crippen LogP contribution in [0.2, 0.25) is 0 Å². The second-order valence-electron chi connectivity index (χ2n) is 6.22. The van der Waals surface area contributed by atoms with Crippen LogP contribution in [0.1, 0.15) is 35.8 Å². The first-order chi connectivity index (χ1) is 12.7. The maximum Gasteiger partial charge on any atom is 0.197 e. The van der Waals surface area contributed by atoms with Gasteiger partial charge in [-0.05, 0) is 41.8 Å². The summed E-state index contributed by atoms with van der Waals surface area (Å²) in [6, 6.07) is 18.8. The maximum atomic E-state index is 12.8. The summed E-state index contributed by atoms with van der Waals surface area (Å²) in [6.45, 7) is 0. The number of pyridine rings is 1. The molecule has 3 nitrogen and oxygen atoms in total. The third-order valence-electron chi connectivity index (χ3n) is 4.82. The Hall–Kier alpha value is -3.20. The topological polar surface area (TPSA) is 49.9 Å². The molecule has 0 amide bonds. The molecule has 3 heteroatoms. The number of carbonyl (C=O) groups is 1. The Morgan fingerprint density at radius 2 is 1.56 bits per heavy atom. The fraction of sp³-hybridized carbons (Fsp3) is 0.0909. The Morgan fingerprint density at radius 3 is 2.44 bits per heavy atom. The molecule has 0 radical (unpaired) electrons. The first-order valence-electron chi connectivity index (χ1n) is 8.92. The first kappa shape index (κ1) is 14.2. The van der Waals surface area contributed by atoms with Gasteiger partial charge in [0.1, 0.15) is 0 Å². The SMILES string of the molecule is O=C1c2ccccc2Cc2cc3c(=O)c4ccccc4[nH]c3cc21.[2H]C. The minimum atomic E-state index is 0.00783. The van der Waals surface area contributed by atoms with Crippen molar-refractivity contribution >= 4 is 27.6 Å². The molecule has 0 atom stereocenters. The van der Waals surface area contributed by atoms with Crippen molar-refractivity contribution in [2.24, 2.45) is 0 Å². The molecule has 0 saturated heterocycles. The number of benzene rings is 3. The minimum absolute atomic E-state index is 0.00783. The van der Waals surface area contributed by atoms with Crippen LogP contribution in [-0.4, -0.2) is 10.8 Å². The van der Waals surface area contributed by atoms with Gasteiger partial charge in [-0.15, -0.1) is 0 Å². The van der Waals surface area contributed by atoms with Crippen LogP contribution in [-0.2, 0) is 6.42 Å². The average Bonchev–Trinajstić information content (AvgIpc) is 2.69. The fourth-order valence-electron chi connectivity index (χ4n) is 3.62. The highest BCUT2D eigenvalue weighted by Gasteiger charge is 2.24. The number of para-hydroxylation sites is 1. The molecule has 0 aliphatic heterocycles. The molecule has 5 rings (SSSR count). The van der Waals surface area contributed by atoms with Gasteiger partial charge in [-0.2, -0.15) is 0 Å². The molecule has 122 valence electrons. The number of hydrogen-bond donors (Lipinski definition) is 1. The van der Waals surface area contributed by atoms with Crippen molar-refractivity contribution < 1.29 is 6.17 Å².